The number of piperidine rings is 1. The van der Waals surface area contributed by atoms with Crippen LogP contribution in [0.25, 0.3) is 32.9 Å². The van der Waals surface area contributed by atoms with Crippen molar-refractivity contribution in [2.24, 2.45) is 5.92 Å². The van der Waals surface area contributed by atoms with E-state index in [9.17, 15) is 18.0 Å². The molecule has 0 aliphatic carbocycles. The molecule has 0 bridgehead atoms. The number of nitrogens with zero attached hydrogens (tertiary/aromatic N) is 4. The van der Waals surface area contributed by atoms with Gasteiger partial charge in [-0.3, -0.25) is 4.79 Å². The van der Waals surface area contributed by atoms with Crippen LogP contribution in [0.4, 0.5) is 4.79 Å². The first-order valence-electron chi connectivity index (χ1n) is 14.3. The third-order valence-corrected chi connectivity index (χ3v) is 9.42. The van der Waals surface area contributed by atoms with Crippen LogP contribution in [-0.4, -0.2) is 57.3 Å². The standard InChI is InChI=1S/C32H33N5O5S/c1-32(2,3)42-31(39)36-16-13-21(14-17-36)18-28-26-19-22(11-12-25(26)30(38)35-34-28)27-20-37(29-24(27)10-7-15-33-29)43(40,41)23-8-5-4-6-9-23/h4-12,15,19-21H,13-14,16-18H2,1-3H3,(H,35,38). The second-order valence-corrected chi connectivity index (χ2v) is 13.7. The Morgan fingerprint density at radius 1 is 1.00 bits per heavy atom. The fourth-order valence-corrected chi connectivity index (χ4v) is 6.96. The van der Waals surface area contributed by atoms with Crippen molar-refractivity contribution >= 4 is 37.9 Å². The predicted octanol–water partition coefficient (Wildman–Crippen LogP) is 5.37. The molecule has 0 spiro atoms. The van der Waals surface area contributed by atoms with Gasteiger partial charge < -0.3 is 9.64 Å². The number of carbonyl (C=O) groups excluding carboxylic acids is 1. The number of nitrogens with one attached hydrogen (secondary N) is 1. The highest BCUT2D eigenvalue weighted by Crippen LogP contribution is 2.34. The van der Waals surface area contributed by atoms with Crippen LogP contribution in [0.1, 0.15) is 39.3 Å². The first-order chi connectivity index (χ1) is 20.5. The van der Waals surface area contributed by atoms with Crippen LogP contribution in [-0.2, 0) is 21.2 Å². The summed E-state index contributed by atoms with van der Waals surface area (Å²) in [6.45, 7) is 6.75. The van der Waals surface area contributed by atoms with E-state index in [1.54, 1.807) is 59.8 Å². The van der Waals surface area contributed by atoms with Gasteiger partial charge in [0.1, 0.15) is 5.60 Å². The Morgan fingerprint density at radius 3 is 2.47 bits per heavy atom. The first-order valence-corrected chi connectivity index (χ1v) is 15.7. The van der Waals surface area contributed by atoms with E-state index in [1.807, 2.05) is 39.0 Å². The van der Waals surface area contributed by atoms with Gasteiger partial charge in [0.2, 0.25) is 0 Å². The number of H-pyrrole nitrogens is 1. The Hall–Kier alpha value is -4.51. The SMILES string of the molecule is CC(C)(C)OC(=O)N1CCC(Cc2n[nH]c(=O)c3ccc(-c4cn(S(=O)(=O)c5ccccc5)c5ncccc45)cc23)CC1. The second kappa shape index (κ2) is 11.0. The molecule has 11 heteroatoms. The number of carbonyl (C=O) groups is 1. The number of amides is 1. The lowest BCUT2D eigenvalue weighted by Gasteiger charge is -2.33. The van der Waals surface area contributed by atoms with Crippen molar-refractivity contribution in [1.82, 2.24) is 24.1 Å². The van der Waals surface area contributed by atoms with E-state index in [1.165, 1.54) is 3.97 Å². The van der Waals surface area contributed by atoms with Gasteiger partial charge in [-0.1, -0.05) is 24.3 Å². The monoisotopic (exact) mass is 599 g/mol. The molecule has 0 saturated carbocycles. The van der Waals surface area contributed by atoms with Crippen molar-refractivity contribution in [3.63, 3.8) is 0 Å². The van der Waals surface area contributed by atoms with Crippen LogP contribution in [0.3, 0.4) is 0 Å². The third-order valence-electron chi connectivity index (χ3n) is 7.76. The van der Waals surface area contributed by atoms with Gasteiger partial charge in [0.25, 0.3) is 15.6 Å². The van der Waals surface area contributed by atoms with Crippen LogP contribution >= 0.6 is 0 Å². The van der Waals surface area contributed by atoms with Crippen LogP contribution in [0.15, 0.2) is 82.7 Å². The molecule has 0 unspecified atom stereocenters. The van der Waals surface area contributed by atoms with Gasteiger partial charge in [0.15, 0.2) is 5.65 Å². The third kappa shape index (κ3) is 5.64. The normalized spacial score (nSPS) is 14.8. The van der Waals surface area contributed by atoms with E-state index in [0.29, 0.717) is 46.9 Å². The molecule has 3 aromatic heterocycles. The van der Waals surface area contributed by atoms with Gasteiger partial charge in [-0.25, -0.2) is 27.3 Å². The minimum absolute atomic E-state index is 0.165. The number of rotatable bonds is 5. The Balaban J connectivity index is 1.34. The number of benzene rings is 2. The maximum Gasteiger partial charge on any atom is 0.410 e. The number of hydrogen-bond acceptors (Lipinski definition) is 7. The molecule has 2 aromatic carbocycles. The summed E-state index contributed by atoms with van der Waals surface area (Å²) < 4.78 is 33.9. The lowest BCUT2D eigenvalue weighted by atomic mass is 9.90. The van der Waals surface area contributed by atoms with Crippen LogP contribution in [0, 0.1) is 5.92 Å². The summed E-state index contributed by atoms with van der Waals surface area (Å²) >= 11 is 0. The van der Waals surface area contributed by atoms with Gasteiger partial charge >= 0.3 is 6.09 Å². The van der Waals surface area contributed by atoms with E-state index in [-0.39, 0.29) is 22.5 Å². The van der Waals surface area contributed by atoms with Gasteiger partial charge in [0, 0.05) is 41.8 Å². The molecule has 1 N–H and O–H groups in total. The van der Waals surface area contributed by atoms with E-state index < -0.39 is 15.6 Å². The second-order valence-electron chi connectivity index (χ2n) is 11.9. The van der Waals surface area contributed by atoms with E-state index in [2.05, 4.69) is 15.2 Å². The summed E-state index contributed by atoms with van der Waals surface area (Å²) in [4.78, 5) is 31.6. The van der Waals surface area contributed by atoms with Gasteiger partial charge in [-0.05, 0) is 87.9 Å². The first kappa shape index (κ1) is 28.6. The van der Waals surface area contributed by atoms with Crippen molar-refractivity contribution in [2.75, 3.05) is 13.1 Å². The largest absolute Gasteiger partial charge is 0.444 e. The molecular formula is C32H33N5O5S. The molecule has 43 heavy (non-hydrogen) atoms. The van der Waals surface area contributed by atoms with Gasteiger partial charge in [0.05, 0.1) is 16.0 Å². The average molecular weight is 600 g/mol. The number of likely N-dealkylation sites (tertiary alicyclic amines) is 1. The molecule has 1 aliphatic heterocycles. The molecule has 6 rings (SSSR count). The van der Waals surface area contributed by atoms with Crippen molar-refractivity contribution in [3.05, 3.63) is 89.1 Å². The molecule has 1 aliphatic rings. The smallest absolute Gasteiger partial charge is 0.410 e. The van der Waals surface area contributed by atoms with Crippen molar-refractivity contribution in [2.45, 2.75) is 50.5 Å². The van der Waals surface area contributed by atoms with Crippen molar-refractivity contribution < 1.29 is 17.9 Å². The summed E-state index contributed by atoms with van der Waals surface area (Å²) in [5.41, 5.74) is 1.68. The maximum atomic E-state index is 13.6. The van der Waals surface area contributed by atoms with Crippen LogP contribution < -0.4 is 5.56 Å². The quantitative estimate of drug-likeness (QED) is 0.288. The lowest BCUT2D eigenvalue weighted by Crippen LogP contribution is -2.42. The maximum absolute atomic E-state index is 13.6. The number of pyridine rings is 1. The van der Waals surface area contributed by atoms with Gasteiger partial charge in [-0.15, -0.1) is 0 Å². The highest BCUT2D eigenvalue weighted by Gasteiger charge is 2.28. The average Bonchev–Trinajstić information content (AvgIpc) is 3.39. The Kier molecular flexibility index (Phi) is 7.29. The number of aromatic amines is 1. The summed E-state index contributed by atoms with van der Waals surface area (Å²) in [6, 6.07) is 17.3. The molecule has 0 radical (unpaired) electrons. The predicted molar refractivity (Wildman–Crippen MR) is 164 cm³/mol. The van der Waals surface area contributed by atoms with Crippen molar-refractivity contribution in [1.29, 1.82) is 0 Å². The number of ether oxygens (including phenoxy) is 1. The molecule has 1 fully saturated rings. The van der Waals surface area contributed by atoms with Crippen LogP contribution in [0.2, 0.25) is 0 Å². The zero-order valence-electron chi connectivity index (χ0n) is 24.3. The zero-order chi connectivity index (χ0) is 30.4. The molecule has 0 atom stereocenters. The van der Waals surface area contributed by atoms with Gasteiger partial charge in [-0.2, -0.15) is 5.10 Å². The molecule has 5 aromatic rings. The summed E-state index contributed by atoms with van der Waals surface area (Å²) in [5.74, 6) is 0.270. The molecule has 4 heterocycles. The molecular weight excluding hydrogens is 566 g/mol. The van der Waals surface area contributed by atoms with Crippen LogP contribution in [0.5, 0.6) is 0 Å². The minimum Gasteiger partial charge on any atom is -0.444 e. The zero-order valence-corrected chi connectivity index (χ0v) is 25.1. The molecule has 1 saturated heterocycles. The number of aromatic nitrogens is 4. The Labute approximate surface area is 249 Å². The van der Waals surface area contributed by atoms with E-state index in [0.717, 1.165) is 24.1 Å². The molecule has 10 nitrogen and oxygen atoms in total. The number of hydrogen-bond donors (Lipinski definition) is 1. The summed E-state index contributed by atoms with van der Waals surface area (Å²) in [6.07, 6.45) is 5.07. The fourth-order valence-electron chi connectivity index (χ4n) is 5.61. The summed E-state index contributed by atoms with van der Waals surface area (Å²) in [7, 11) is -3.90. The fraction of sp³-hybridized carbons (Fsp3) is 0.312. The van der Waals surface area contributed by atoms with E-state index in [4.69, 9.17) is 4.74 Å². The highest BCUT2D eigenvalue weighted by molar-refractivity contribution is 7.90. The minimum atomic E-state index is -3.90. The Bertz CT molecular complexity index is 1990. The Morgan fingerprint density at radius 2 is 1.74 bits per heavy atom. The summed E-state index contributed by atoms with van der Waals surface area (Å²) in [5, 5.41) is 8.96. The topological polar surface area (TPSA) is 127 Å². The molecule has 1 amide bonds. The number of fused-ring (bicyclic) bond motifs is 2. The van der Waals surface area contributed by atoms with Crippen molar-refractivity contribution in [3.8, 4) is 11.1 Å². The van der Waals surface area contributed by atoms with E-state index >= 15 is 0 Å². The highest BCUT2D eigenvalue weighted by atomic mass is 32.2. The molecule has 222 valence electrons. The lowest BCUT2D eigenvalue weighted by molar-refractivity contribution is 0.0184.